The second-order valence-corrected chi connectivity index (χ2v) is 13.7. The average molecular weight is 612 g/mol. The molecule has 1 saturated carbocycles. The van der Waals surface area contributed by atoms with Crippen LogP contribution in [0.25, 0.3) is 21.3 Å². The van der Waals surface area contributed by atoms with Crippen LogP contribution in [0.4, 0.5) is 16.2 Å². The lowest BCUT2D eigenvalue weighted by Gasteiger charge is -2.21. The van der Waals surface area contributed by atoms with Crippen molar-refractivity contribution in [1.29, 1.82) is 0 Å². The number of hydrogen-bond acceptors (Lipinski definition) is 5. The van der Waals surface area contributed by atoms with Crippen molar-refractivity contribution < 1.29 is 19.1 Å². The lowest BCUT2D eigenvalue weighted by Crippen LogP contribution is -2.27. The molecule has 0 spiro atoms. The molecule has 0 radical (unpaired) electrons. The summed E-state index contributed by atoms with van der Waals surface area (Å²) in [5.74, 6) is 0.367. The minimum absolute atomic E-state index is 0.231. The summed E-state index contributed by atoms with van der Waals surface area (Å²) in [4.78, 5) is 27.4. The third kappa shape index (κ3) is 7.42. The van der Waals surface area contributed by atoms with Gasteiger partial charge < -0.3 is 19.4 Å². The van der Waals surface area contributed by atoms with Gasteiger partial charge in [0.05, 0.1) is 18.0 Å². The van der Waals surface area contributed by atoms with Gasteiger partial charge in [0.1, 0.15) is 5.60 Å². The first-order valence-electron chi connectivity index (χ1n) is 15.6. The number of hydrogen-bond donors (Lipinski definition) is 2. The van der Waals surface area contributed by atoms with Crippen LogP contribution in [0.1, 0.15) is 81.3 Å². The Labute approximate surface area is 263 Å². The van der Waals surface area contributed by atoms with Gasteiger partial charge in [-0.2, -0.15) is 0 Å². The number of aromatic nitrogens is 1. The van der Waals surface area contributed by atoms with Crippen LogP contribution >= 0.6 is 11.3 Å². The van der Waals surface area contributed by atoms with E-state index in [2.05, 4.69) is 33.4 Å². The Kier molecular flexibility index (Phi) is 8.91. The third-order valence-corrected chi connectivity index (χ3v) is 8.96. The van der Waals surface area contributed by atoms with Crippen LogP contribution in [0, 0.1) is 0 Å². The topological polar surface area (TPSA) is 81.6 Å². The molecule has 230 valence electrons. The van der Waals surface area contributed by atoms with Crippen molar-refractivity contribution >= 4 is 45.6 Å². The first-order chi connectivity index (χ1) is 21.2. The molecule has 0 atom stereocenters. The van der Waals surface area contributed by atoms with Gasteiger partial charge in [-0.15, -0.1) is 11.3 Å². The number of carbonyl (C=O) groups is 2. The maximum absolute atomic E-state index is 13.7. The van der Waals surface area contributed by atoms with E-state index in [0.29, 0.717) is 22.9 Å². The van der Waals surface area contributed by atoms with Crippen LogP contribution < -0.4 is 10.6 Å². The van der Waals surface area contributed by atoms with Gasteiger partial charge in [-0.05, 0) is 119 Å². The zero-order valence-electron chi connectivity index (χ0n) is 25.8. The number of amides is 2. The van der Waals surface area contributed by atoms with E-state index in [1.807, 2.05) is 62.5 Å². The molecule has 0 bridgehead atoms. The van der Waals surface area contributed by atoms with Gasteiger partial charge in [0.25, 0.3) is 5.91 Å². The van der Waals surface area contributed by atoms with Gasteiger partial charge in [-0.1, -0.05) is 23.8 Å². The Balaban J connectivity index is 1.25. The van der Waals surface area contributed by atoms with Crippen molar-refractivity contribution in [2.75, 3.05) is 23.8 Å². The summed E-state index contributed by atoms with van der Waals surface area (Å²) in [5.41, 5.74) is 5.95. The number of benzene rings is 2. The zero-order valence-corrected chi connectivity index (χ0v) is 26.6. The lowest BCUT2D eigenvalue weighted by molar-refractivity contribution is 0.0635. The monoisotopic (exact) mass is 611 g/mol. The Morgan fingerprint density at radius 1 is 1.02 bits per heavy atom. The number of allylic oxidation sites excluding steroid dienone is 1. The van der Waals surface area contributed by atoms with E-state index in [0.717, 1.165) is 61.3 Å². The molecule has 1 aliphatic heterocycles. The summed E-state index contributed by atoms with van der Waals surface area (Å²) in [6.07, 6.45) is 8.44. The maximum Gasteiger partial charge on any atom is 0.412 e. The fourth-order valence-corrected chi connectivity index (χ4v) is 6.52. The summed E-state index contributed by atoms with van der Waals surface area (Å²) >= 11 is 1.62. The molecule has 2 aromatic heterocycles. The van der Waals surface area contributed by atoms with E-state index >= 15 is 0 Å². The molecule has 2 amide bonds. The van der Waals surface area contributed by atoms with Crippen molar-refractivity contribution in [2.24, 2.45) is 0 Å². The number of ether oxygens (including phenoxy) is 2. The van der Waals surface area contributed by atoms with Crippen molar-refractivity contribution in [1.82, 2.24) is 4.57 Å². The Bertz CT molecular complexity index is 1680. The largest absolute Gasteiger partial charge is 0.444 e. The average Bonchev–Trinajstić information content (AvgIpc) is 3.52. The number of thiophene rings is 1. The van der Waals surface area contributed by atoms with Crippen molar-refractivity contribution in [2.45, 2.75) is 77.4 Å². The molecule has 2 N–H and O–H groups in total. The number of fused-ring (bicyclic) bond motifs is 1. The lowest BCUT2D eigenvalue weighted by atomic mass is 10.0. The van der Waals surface area contributed by atoms with Crippen LogP contribution in [-0.4, -0.2) is 35.4 Å². The van der Waals surface area contributed by atoms with Crippen LogP contribution in [0.15, 0.2) is 71.6 Å². The molecule has 3 heterocycles. The molecule has 0 saturated heterocycles. The Morgan fingerprint density at radius 3 is 2.66 bits per heavy atom. The second kappa shape index (κ2) is 13.0. The van der Waals surface area contributed by atoms with Crippen molar-refractivity contribution in [3.63, 3.8) is 0 Å². The standard InChI is InChI=1S/C36H41N3O4S/c1-36(2,3)43-35(41)38-29-14-12-26(33-9-6-20-44-33)22-30(29)37-34(40)27-13-15-31-28(21-27)23-32(25-10-11-25)39(31)17-16-24-7-4-18-42-19-5-8-24/h6-7,9,12-15,20-23,25H,4-5,8,10-11,16-19H2,1-3H3,(H,37,40)(H,38,41). The van der Waals surface area contributed by atoms with Gasteiger partial charge in [0, 0.05) is 40.2 Å². The van der Waals surface area contributed by atoms with E-state index in [-0.39, 0.29) is 5.91 Å². The molecule has 8 heteroatoms. The Hall–Kier alpha value is -3.88. The first-order valence-corrected chi connectivity index (χ1v) is 16.5. The van der Waals surface area contributed by atoms with E-state index in [4.69, 9.17) is 9.47 Å². The SMILES string of the molecule is CC(C)(C)OC(=O)Nc1ccc(-c2cccs2)cc1NC(=O)c1ccc2c(c1)cc(C1CC1)n2CCC1=CCCOCCC1. The van der Waals surface area contributed by atoms with Crippen LogP contribution in [-0.2, 0) is 16.0 Å². The molecule has 2 aromatic carbocycles. The summed E-state index contributed by atoms with van der Waals surface area (Å²) in [5, 5.41) is 8.98. The zero-order chi connectivity index (χ0) is 30.7. The van der Waals surface area contributed by atoms with Gasteiger partial charge in [-0.3, -0.25) is 10.1 Å². The first kappa shape index (κ1) is 30.2. The number of nitrogens with one attached hydrogen (secondary N) is 2. The molecule has 44 heavy (non-hydrogen) atoms. The molecule has 0 unspecified atom stereocenters. The molecule has 6 rings (SSSR count). The molecular weight excluding hydrogens is 570 g/mol. The number of anilines is 2. The number of aryl methyl sites for hydroxylation is 1. The van der Waals surface area contributed by atoms with E-state index < -0.39 is 11.7 Å². The smallest absolute Gasteiger partial charge is 0.412 e. The van der Waals surface area contributed by atoms with Gasteiger partial charge in [0.15, 0.2) is 0 Å². The maximum atomic E-state index is 13.7. The summed E-state index contributed by atoms with van der Waals surface area (Å²) in [6, 6.07) is 17.9. The molecule has 2 aliphatic rings. The van der Waals surface area contributed by atoms with E-state index in [9.17, 15) is 9.59 Å². The second-order valence-electron chi connectivity index (χ2n) is 12.7. The number of rotatable bonds is 8. The van der Waals surface area contributed by atoms with Gasteiger partial charge in [-0.25, -0.2) is 4.79 Å². The minimum Gasteiger partial charge on any atom is -0.444 e. The highest BCUT2D eigenvalue weighted by molar-refractivity contribution is 7.13. The summed E-state index contributed by atoms with van der Waals surface area (Å²) < 4.78 is 13.6. The number of carbonyl (C=O) groups excluding carboxylic acids is 2. The molecule has 1 aliphatic carbocycles. The van der Waals surface area contributed by atoms with Crippen LogP contribution in [0.3, 0.4) is 0 Å². The van der Waals surface area contributed by atoms with Crippen molar-refractivity contribution in [3.05, 3.63) is 82.9 Å². The molecular formula is C36H41N3O4S. The summed E-state index contributed by atoms with van der Waals surface area (Å²) in [7, 11) is 0. The van der Waals surface area contributed by atoms with Crippen molar-refractivity contribution in [3.8, 4) is 10.4 Å². The highest BCUT2D eigenvalue weighted by Gasteiger charge is 2.28. The van der Waals surface area contributed by atoms with Gasteiger partial charge in [0.2, 0.25) is 0 Å². The molecule has 4 aromatic rings. The normalized spacial score (nSPS) is 15.8. The summed E-state index contributed by atoms with van der Waals surface area (Å²) in [6.45, 7) is 8.06. The molecule has 1 fully saturated rings. The fraction of sp³-hybridized carbons (Fsp3) is 0.389. The highest BCUT2D eigenvalue weighted by atomic mass is 32.1. The predicted molar refractivity (Wildman–Crippen MR) is 179 cm³/mol. The number of nitrogens with zero attached hydrogens (tertiary/aromatic N) is 1. The predicted octanol–water partition coefficient (Wildman–Crippen LogP) is 9.36. The Morgan fingerprint density at radius 2 is 1.89 bits per heavy atom. The third-order valence-electron chi connectivity index (χ3n) is 8.04. The minimum atomic E-state index is -0.642. The fourth-order valence-electron chi connectivity index (χ4n) is 5.80. The van der Waals surface area contributed by atoms with E-state index in [1.165, 1.54) is 29.6 Å². The highest BCUT2D eigenvalue weighted by Crippen LogP contribution is 2.43. The van der Waals surface area contributed by atoms with Gasteiger partial charge >= 0.3 is 6.09 Å². The van der Waals surface area contributed by atoms with Crippen LogP contribution in [0.2, 0.25) is 0 Å². The van der Waals surface area contributed by atoms with Crippen LogP contribution in [0.5, 0.6) is 0 Å². The molecule has 7 nitrogen and oxygen atoms in total. The van der Waals surface area contributed by atoms with E-state index in [1.54, 1.807) is 17.4 Å². The quantitative estimate of drug-likeness (QED) is 0.195.